The van der Waals surface area contributed by atoms with Crippen LogP contribution in [0.15, 0.2) is 115 Å². The minimum atomic E-state index is 0.0816. The molecule has 0 fully saturated rings. The molecule has 3 nitrogen and oxygen atoms in total. The van der Waals surface area contributed by atoms with Crippen LogP contribution in [-0.2, 0) is 0 Å². The van der Waals surface area contributed by atoms with Gasteiger partial charge in [0.2, 0.25) is 0 Å². The number of rotatable bonds is 3. The fourth-order valence-electron chi connectivity index (χ4n) is 4.67. The van der Waals surface area contributed by atoms with Crippen molar-refractivity contribution in [3.8, 4) is 0 Å². The van der Waals surface area contributed by atoms with Crippen molar-refractivity contribution in [3.63, 3.8) is 0 Å². The molecule has 3 aromatic carbocycles. The largest absolute Gasteiger partial charge is 0.309 e. The molecule has 0 aromatic heterocycles. The van der Waals surface area contributed by atoms with Crippen molar-refractivity contribution in [1.82, 2.24) is 10.2 Å². The number of nitrogens with zero attached hydrogens (tertiary/aromatic N) is 2. The summed E-state index contributed by atoms with van der Waals surface area (Å²) < 4.78 is 2.17. The van der Waals surface area contributed by atoms with Gasteiger partial charge in [0, 0.05) is 27.4 Å². The van der Waals surface area contributed by atoms with Gasteiger partial charge in [0.05, 0.1) is 17.4 Å². The van der Waals surface area contributed by atoms with Gasteiger partial charge in [-0.05, 0) is 58.2 Å². The first-order valence-corrected chi connectivity index (χ1v) is 13.6. The van der Waals surface area contributed by atoms with E-state index in [9.17, 15) is 0 Å². The van der Waals surface area contributed by atoms with Crippen molar-refractivity contribution in [2.45, 2.75) is 6.04 Å². The molecular weight excluding hydrogens is 570 g/mol. The van der Waals surface area contributed by atoms with E-state index in [1.807, 2.05) is 0 Å². The van der Waals surface area contributed by atoms with Crippen LogP contribution in [0.5, 0.6) is 0 Å². The Hall–Kier alpha value is -2.38. The number of hydrogen-bond donors (Lipinski definition) is 1. The van der Waals surface area contributed by atoms with E-state index >= 15 is 0 Å². The number of benzene rings is 3. The van der Waals surface area contributed by atoms with E-state index in [0.29, 0.717) is 0 Å². The van der Waals surface area contributed by atoms with Crippen LogP contribution in [0, 0.1) is 0 Å². The first kappa shape index (κ1) is 22.1. The molecule has 34 heavy (non-hydrogen) atoms. The third kappa shape index (κ3) is 4.13. The Morgan fingerprint density at radius 2 is 1.59 bits per heavy atom. The van der Waals surface area contributed by atoms with Crippen molar-refractivity contribution < 1.29 is 0 Å². The number of thioether (sulfide) groups is 1. The van der Waals surface area contributed by atoms with E-state index < -0.39 is 0 Å². The van der Waals surface area contributed by atoms with Crippen LogP contribution in [-0.4, -0.2) is 23.2 Å². The van der Waals surface area contributed by atoms with E-state index in [1.165, 1.54) is 33.5 Å². The Kier molecular flexibility index (Phi) is 6.08. The average Bonchev–Trinajstić information content (AvgIpc) is 3.29. The van der Waals surface area contributed by atoms with Crippen molar-refractivity contribution >= 4 is 60.6 Å². The van der Waals surface area contributed by atoms with E-state index in [0.717, 1.165) is 32.9 Å². The van der Waals surface area contributed by atoms with E-state index in [-0.39, 0.29) is 6.04 Å². The average molecular weight is 591 g/mol. The van der Waals surface area contributed by atoms with Crippen LogP contribution in [0.4, 0.5) is 0 Å². The summed E-state index contributed by atoms with van der Waals surface area (Å²) in [6.07, 6.45) is 2.26. The molecule has 3 heterocycles. The van der Waals surface area contributed by atoms with Crippen molar-refractivity contribution in [2.75, 3.05) is 13.1 Å². The molecule has 1 N–H and O–H groups in total. The highest BCUT2D eigenvalue weighted by molar-refractivity contribution is 9.10. The summed E-state index contributed by atoms with van der Waals surface area (Å²) in [6.45, 7) is 1.62. The zero-order valence-corrected chi connectivity index (χ0v) is 22.2. The predicted molar refractivity (Wildman–Crippen MR) is 150 cm³/mol. The lowest BCUT2D eigenvalue weighted by atomic mass is 9.88. The van der Waals surface area contributed by atoms with Crippen LogP contribution in [0.2, 0.25) is 0 Å². The number of aliphatic imine (C=N–C) groups is 1. The van der Waals surface area contributed by atoms with Gasteiger partial charge < -0.3 is 10.2 Å². The number of halogens is 2. The number of fused-ring (bicyclic) bond motifs is 1. The molecule has 6 heteroatoms. The van der Waals surface area contributed by atoms with Gasteiger partial charge in [0.25, 0.3) is 0 Å². The molecule has 1 unspecified atom stereocenters. The van der Waals surface area contributed by atoms with Crippen molar-refractivity contribution in [3.05, 3.63) is 127 Å². The zero-order valence-electron chi connectivity index (χ0n) is 18.2. The maximum absolute atomic E-state index is 5.24. The topological polar surface area (TPSA) is 27.6 Å². The third-order valence-electron chi connectivity index (χ3n) is 6.24. The molecule has 0 saturated carbocycles. The summed E-state index contributed by atoms with van der Waals surface area (Å²) >= 11 is 8.86. The lowest BCUT2D eigenvalue weighted by Gasteiger charge is -2.40. The molecule has 3 aliphatic heterocycles. The Balaban J connectivity index is 1.49. The Morgan fingerprint density at radius 1 is 0.882 bits per heavy atom. The van der Waals surface area contributed by atoms with Crippen LogP contribution in [0.1, 0.15) is 22.7 Å². The molecule has 1 atom stereocenters. The number of nitrogens with one attached hydrogen (secondary N) is 1. The lowest BCUT2D eigenvalue weighted by Crippen LogP contribution is -2.40. The molecule has 0 aliphatic carbocycles. The Morgan fingerprint density at radius 3 is 2.32 bits per heavy atom. The highest BCUT2D eigenvalue weighted by atomic mass is 79.9. The van der Waals surface area contributed by atoms with E-state index in [2.05, 4.69) is 132 Å². The molecule has 168 valence electrons. The summed E-state index contributed by atoms with van der Waals surface area (Å²) in [5, 5.41) is 6.92. The second-order valence-corrected chi connectivity index (χ2v) is 11.1. The Bertz CT molecular complexity index is 1360. The number of amidine groups is 1. The van der Waals surface area contributed by atoms with Crippen molar-refractivity contribution in [1.29, 1.82) is 0 Å². The van der Waals surface area contributed by atoms with Crippen LogP contribution in [0.25, 0.3) is 11.8 Å². The van der Waals surface area contributed by atoms with Gasteiger partial charge in [-0.25, -0.2) is 4.99 Å². The monoisotopic (exact) mass is 589 g/mol. The standard InChI is InChI=1S/C28H21Br2N3S/c29-22-10-6-18(7-11-22)14-21-15-31-16-24-26(21)32-28-33(27(24)20-8-12-23(30)13-9-20)25(17-34-28)19-4-2-1-3-5-19/h1-14,17,27,31H,15-16H2/b21-14-. The molecule has 0 amide bonds. The van der Waals surface area contributed by atoms with Gasteiger partial charge in [-0.3, -0.25) is 0 Å². The van der Waals surface area contributed by atoms with Gasteiger partial charge in [-0.1, -0.05) is 98.2 Å². The molecule has 0 saturated heterocycles. The van der Waals surface area contributed by atoms with Gasteiger partial charge >= 0.3 is 0 Å². The highest BCUT2D eigenvalue weighted by Gasteiger charge is 2.40. The second-order valence-electron chi connectivity index (χ2n) is 8.40. The fraction of sp³-hybridized carbons (Fsp3) is 0.107. The summed E-state index contributed by atoms with van der Waals surface area (Å²) in [5.74, 6) is 0. The molecule has 6 rings (SSSR count). The fourth-order valence-corrected chi connectivity index (χ4v) is 6.13. The maximum Gasteiger partial charge on any atom is 0.174 e. The quantitative estimate of drug-likeness (QED) is 0.340. The van der Waals surface area contributed by atoms with E-state index in [1.54, 1.807) is 11.8 Å². The molecule has 3 aliphatic rings. The minimum Gasteiger partial charge on any atom is -0.309 e. The van der Waals surface area contributed by atoms with Crippen LogP contribution in [0.3, 0.4) is 0 Å². The highest BCUT2D eigenvalue weighted by Crippen LogP contribution is 2.48. The molecule has 0 bridgehead atoms. The normalized spacial score (nSPS) is 20.7. The van der Waals surface area contributed by atoms with Crippen molar-refractivity contribution in [2.24, 2.45) is 4.99 Å². The Labute approximate surface area is 220 Å². The summed E-state index contributed by atoms with van der Waals surface area (Å²) in [6, 6.07) is 27.8. The first-order chi connectivity index (χ1) is 16.7. The summed E-state index contributed by atoms with van der Waals surface area (Å²) in [4.78, 5) is 7.65. The van der Waals surface area contributed by atoms with Gasteiger partial charge in [-0.2, -0.15) is 0 Å². The molecule has 3 aromatic rings. The molecule has 0 radical (unpaired) electrons. The minimum absolute atomic E-state index is 0.0816. The first-order valence-electron chi connectivity index (χ1n) is 11.1. The maximum atomic E-state index is 5.24. The molecule has 0 spiro atoms. The summed E-state index contributed by atoms with van der Waals surface area (Å²) in [5.41, 5.74) is 8.51. The lowest BCUT2D eigenvalue weighted by molar-refractivity contribution is 0.462. The van der Waals surface area contributed by atoms with Gasteiger partial charge in [0.1, 0.15) is 0 Å². The number of hydrogen-bond acceptors (Lipinski definition) is 4. The third-order valence-corrected chi connectivity index (χ3v) is 8.14. The summed E-state index contributed by atoms with van der Waals surface area (Å²) in [7, 11) is 0. The predicted octanol–water partition coefficient (Wildman–Crippen LogP) is 7.61. The SMILES string of the molecule is Brc1ccc(/C=C2/CNCC3=C2N=C2SC=C(c4ccccc4)N2C3c2ccc(Br)cc2)cc1. The van der Waals surface area contributed by atoms with Crippen LogP contribution >= 0.6 is 43.6 Å². The zero-order chi connectivity index (χ0) is 23.1. The van der Waals surface area contributed by atoms with Gasteiger partial charge in [0.15, 0.2) is 5.17 Å². The van der Waals surface area contributed by atoms with Crippen LogP contribution < -0.4 is 5.32 Å². The molecular formula is C28H21Br2N3S. The van der Waals surface area contributed by atoms with Gasteiger partial charge in [-0.15, -0.1) is 0 Å². The smallest absolute Gasteiger partial charge is 0.174 e. The van der Waals surface area contributed by atoms with E-state index in [4.69, 9.17) is 4.99 Å². The second kappa shape index (κ2) is 9.34.